The summed E-state index contributed by atoms with van der Waals surface area (Å²) >= 11 is 0. The van der Waals surface area contributed by atoms with Gasteiger partial charge in [-0.25, -0.2) is 9.59 Å². The van der Waals surface area contributed by atoms with Crippen molar-refractivity contribution in [2.75, 3.05) is 20.3 Å². The Bertz CT molecular complexity index is 673. The molecule has 0 N–H and O–H groups in total. The molecule has 0 saturated carbocycles. The van der Waals surface area contributed by atoms with E-state index in [1.54, 1.807) is 25.1 Å². The molecule has 0 aliphatic heterocycles. The highest BCUT2D eigenvalue weighted by atomic mass is 16.6. The lowest BCUT2D eigenvalue weighted by atomic mass is 10.2. The maximum atomic E-state index is 11.5. The van der Waals surface area contributed by atoms with Crippen molar-refractivity contribution in [1.82, 2.24) is 0 Å². The summed E-state index contributed by atoms with van der Waals surface area (Å²) in [4.78, 5) is 22.7. The van der Waals surface area contributed by atoms with Crippen LogP contribution < -0.4 is 15.1 Å². The Labute approximate surface area is 114 Å². The molecule has 0 radical (unpaired) electrons. The number of esters is 1. The van der Waals surface area contributed by atoms with Crippen LogP contribution in [0.25, 0.3) is 11.0 Å². The topological polar surface area (TPSA) is 75.0 Å². The molecule has 2 rings (SSSR count). The van der Waals surface area contributed by atoms with Gasteiger partial charge >= 0.3 is 11.6 Å². The monoisotopic (exact) mass is 278 g/mol. The average Bonchev–Trinajstić information content (AvgIpc) is 2.44. The minimum Gasteiger partial charge on any atom is -0.497 e. The second kappa shape index (κ2) is 6.10. The third-order valence-electron chi connectivity index (χ3n) is 2.56. The Morgan fingerprint density at radius 2 is 2.10 bits per heavy atom. The number of carbonyl (C=O) groups is 1. The second-order valence-corrected chi connectivity index (χ2v) is 3.89. The highest BCUT2D eigenvalue weighted by Gasteiger charge is 2.10. The van der Waals surface area contributed by atoms with Gasteiger partial charge in [-0.1, -0.05) is 0 Å². The van der Waals surface area contributed by atoms with E-state index in [4.69, 9.17) is 18.6 Å². The lowest BCUT2D eigenvalue weighted by Crippen LogP contribution is -2.15. The number of benzene rings is 1. The molecule has 0 aliphatic carbocycles. The zero-order chi connectivity index (χ0) is 14.5. The molecular formula is C14H14O6. The largest absolute Gasteiger partial charge is 0.497 e. The van der Waals surface area contributed by atoms with Gasteiger partial charge in [0.25, 0.3) is 0 Å². The fraction of sp³-hybridized carbons (Fsp3) is 0.286. The quantitative estimate of drug-likeness (QED) is 0.612. The summed E-state index contributed by atoms with van der Waals surface area (Å²) in [6, 6.07) is 6.17. The molecule has 106 valence electrons. The fourth-order valence-corrected chi connectivity index (χ4v) is 1.70. The molecule has 1 aromatic carbocycles. The van der Waals surface area contributed by atoms with Crippen molar-refractivity contribution in [2.24, 2.45) is 0 Å². The lowest BCUT2D eigenvalue weighted by Gasteiger charge is -2.08. The van der Waals surface area contributed by atoms with Crippen molar-refractivity contribution in [3.63, 3.8) is 0 Å². The van der Waals surface area contributed by atoms with E-state index in [-0.39, 0.29) is 19.0 Å². The van der Waals surface area contributed by atoms with Crippen LogP contribution in [-0.2, 0) is 9.53 Å². The highest BCUT2D eigenvalue weighted by molar-refractivity contribution is 5.84. The Hall–Kier alpha value is -2.50. The fourth-order valence-electron chi connectivity index (χ4n) is 1.70. The van der Waals surface area contributed by atoms with E-state index < -0.39 is 11.6 Å². The molecule has 0 amide bonds. The number of methoxy groups -OCH3 is 1. The first kappa shape index (κ1) is 13.9. The summed E-state index contributed by atoms with van der Waals surface area (Å²) in [7, 11) is 1.51. The van der Waals surface area contributed by atoms with Crippen LogP contribution in [0.5, 0.6) is 11.5 Å². The predicted octanol–water partition coefficient (Wildman–Crippen LogP) is 1.74. The standard InChI is InChI=1S/C14H14O6/c1-3-18-14(16)8-19-11-7-13(15)20-12-6-9(17-2)4-5-10(11)12/h4-7H,3,8H2,1-2H3. The molecule has 0 aliphatic rings. The van der Waals surface area contributed by atoms with Crippen molar-refractivity contribution in [3.8, 4) is 11.5 Å². The molecular weight excluding hydrogens is 264 g/mol. The van der Waals surface area contributed by atoms with Crippen LogP contribution in [0, 0.1) is 0 Å². The van der Waals surface area contributed by atoms with Crippen molar-refractivity contribution >= 4 is 16.9 Å². The third-order valence-corrected chi connectivity index (χ3v) is 2.56. The number of hydrogen-bond acceptors (Lipinski definition) is 6. The smallest absolute Gasteiger partial charge is 0.344 e. The minimum absolute atomic E-state index is 0.265. The van der Waals surface area contributed by atoms with E-state index in [0.29, 0.717) is 16.7 Å². The van der Waals surface area contributed by atoms with Crippen LogP contribution in [0.2, 0.25) is 0 Å². The number of carbonyl (C=O) groups excluding carboxylic acids is 1. The summed E-state index contributed by atoms with van der Waals surface area (Å²) in [6.07, 6.45) is 0. The highest BCUT2D eigenvalue weighted by Crippen LogP contribution is 2.27. The summed E-state index contributed by atoms with van der Waals surface area (Å²) in [6.45, 7) is 1.71. The zero-order valence-corrected chi connectivity index (χ0v) is 11.2. The molecule has 0 fully saturated rings. The Morgan fingerprint density at radius 3 is 2.80 bits per heavy atom. The summed E-state index contributed by atoms with van der Waals surface area (Å²) in [5.41, 5.74) is -0.236. The first-order valence-corrected chi connectivity index (χ1v) is 6.04. The molecule has 20 heavy (non-hydrogen) atoms. The average molecular weight is 278 g/mol. The van der Waals surface area contributed by atoms with Gasteiger partial charge in [0.1, 0.15) is 17.1 Å². The molecule has 0 saturated heterocycles. The van der Waals surface area contributed by atoms with Gasteiger partial charge in [-0.15, -0.1) is 0 Å². The van der Waals surface area contributed by atoms with Crippen molar-refractivity contribution in [3.05, 3.63) is 34.7 Å². The maximum Gasteiger partial charge on any atom is 0.344 e. The van der Waals surface area contributed by atoms with E-state index in [2.05, 4.69) is 0 Å². The molecule has 0 bridgehead atoms. The Morgan fingerprint density at radius 1 is 1.30 bits per heavy atom. The molecule has 6 nitrogen and oxygen atoms in total. The van der Waals surface area contributed by atoms with E-state index in [9.17, 15) is 9.59 Å². The minimum atomic E-state index is -0.565. The SMILES string of the molecule is CCOC(=O)COc1cc(=O)oc2cc(OC)ccc12. The van der Waals surface area contributed by atoms with E-state index in [1.807, 2.05) is 0 Å². The third kappa shape index (κ3) is 3.09. The molecule has 0 spiro atoms. The number of ether oxygens (including phenoxy) is 3. The van der Waals surface area contributed by atoms with Crippen molar-refractivity contribution < 1.29 is 23.4 Å². The normalized spacial score (nSPS) is 10.3. The summed E-state index contributed by atoms with van der Waals surface area (Å²) in [5, 5.41) is 0.578. The van der Waals surface area contributed by atoms with Crippen LogP contribution in [0.1, 0.15) is 6.92 Å². The van der Waals surface area contributed by atoms with Gasteiger partial charge in [-0.05, 0) is 19.1 Å². The Kier molecular flexibility index (Phi) is 4.24. The number of rotatable bonds is 5. The van der Waals surface area contributed by atoms with Gasteiger partial charge in [0, 0.05) is 6.07 Å². The summed E-state index contributed by atoms with van der Waals surface area (Å²) < 4.78 is 20.2. The molecule has 0 atom stereocenters. The second-order valence-electron chi connectivity index (χ2n) is 3.89. The van der Waals surface area contributed by atoms with Gasteiger partial charge in [0.2, 0.25) is 0 Å². The van der Waals surface area contributed by atoms with E-state index in [0.717, 1.165) is 0 Å². The zero-order valence-electron chi connectivity index (χ0n) is 11.2. The molecule has 6 heteroatoms. The molecule has 1 heterocycles. The van der Waals surface area contributed by atoms with Gasteiger partial charge in [0.05, 0.1) is 25.2 Å². The van der Waals surface area contributed by atoms with Crippen LogP contribution in [0.15, 0.2) is 33.5 Å². The number of fused-ring (bicyclic) bond motifs is 1. The molecule has 0 unspecified atom stereocenters. The first-order chi connectivity index (χ1) is 9.63. The maximum absolute atomic E-state index is 11.5. The summed E-state index contributed by atoms with van der Waals surface area (Å²) in [5.74, 6) is 0.331. The van der Waals surface area contributed by atoms with Gasteiger partial charge in [-0.3, -0.25) is 0 Å². The van der Waals surface area contributed by atoms with Crippen LogP contribution in [-0.4, -0.2) is 26.3 Å². The van der Waals surface area contributed by atoms with E-state index in [1.165, 1.54) is 13.2 Å². The van der Waals surface area contributed by atoms with Gasteiger partial charge < -0.3 is 18.6 Å². The molecule has 2 aromatic rings. The number of hydrogen-bond donors (Lipinski definition) is 0. The molecule has 1 aromatic heterocycles. The van der Waals surface area contributed by atoms with Crippen LogP contribution in [0.3, 0.4) is 0 Å². The predicted molar refractivity (Wildman–Crippen MR) is 71.2 cm³/mol. The van der Waals surface area contributed by atoms with Crippen LogP contribution in [0.4, 0.5) is 0 Å². The van der Waals surface area contributed by atoms with Gasteiger partial charge in [0.15, 0.2) is 6.61 Å². The van der Waals surface area contributed by atoms with Crippen molar-refractivity contribution in [1.29, 1.82) is 0 Å². The van der Waals surface area contributed by atoms with Crippen molar-refractivity contribution in [2.45, 2.75) is 6.92 Å². The Balaban J connectivity index is 2.32. The lowest BCUT2D eigenvalue weighted by molar-refractivity contribution is -0.145. The van der Waals surface area contributed by atoms with E-state index >= 15 is 0 Å². The first-order valence-electron chi connectivity index (χ1n) is 6.04. The van der Waals surface area contributed by atoms with Gasteiger partial charge in [-0.2, -0.15) is 0 Å². The van der Waals surface area contributed by atoms with Crippen LogP contribution >= 0.6 is 0 Å².